The van der Waals surface area contributed by atoms with Gasteiger partial charge in [-0.25, -0.2) is 0 Å². The van der Waals surface area contributed by atoms with E-state index in [1.807, 2.05) is 24.3 Å². The van der Waals surface area contributed by atoms with Crippen molar-refractivity contribution in [2.24, 2.45) is 0 Å². The number of hydrogen-bond donors (Lipinski definition) is 1. The summed E-state index contributed by atoms with van der Waals surface area (Å²) in [6, 6.07) is 14.6. The van der Waals surface area contributed by atoms with Crippen LogP contribution in [0.3, 0.4) is 0 Å². The minimum Gasteiger partial charge on any atom is -0.377 e. The molecule has 0 aliphatic carbocycles. The number of halogens is 1. The Balaban J connectivity index is 2.25. The van der Waals surface area contributed by atoms with Crippen LogP contribution in [0.2, 0.25) is 5.02 Å². The highest BCUT2D eigenvalue weighted by Crippen LogP contribution is 2.27. The molecule has 0 saturated heterocycles. The molecule has 1 N–H and O–H groups in total. The zero-order valence-electron chi connectivity index (χ0n) is 11.0. The molecule has 18 heavy (non-hydrogen) atoms. The van der Waals surface area contributed by atoms with E-state index in [2.05, 4.69) is 44.3 Å². The Labute approximate surface area is 114 Å². The van der Waals surface area contributed by atoms with Gasteiger partial charge >= 0.3 is 0 Å². The van der Waals surface area contributed by atoms with Crippen LogP contribution < -0.4 is 5.32 Å². The lowest BCUT2D eigenvalue weighted by Crippen LogP contribution is -2.08. The Bertz CT molecular complexity index is 549. The molecule has 2 aromatic rings. The van der Waals surface area contributed by atoms with Crippen LogP contribution in [-0.4, -0.2) is 0 Å². The normalized spacial score (nSPS) is 12.2. The maximum Gasteiger partial charge on any atom is 0.0637 e. The molecule has 0 aromatic heterocycles. The zero-order valence-corrected chi connectivity index (χ0v) is 11.8. The molecule has 2 aromatic carbocycles. The fourth-order valence-electron chi connectivity index (χ4n) is 2.12. The fraction of sp³-hybridized carbons (Fsp3) is 0.250. The van der Waals surface area contributed by atoms with Gasteiger partial charge in [0.1, 0.15) is 0 Å². The molecule has 94 valence electrons. The van der Waals surface area contributed by atoms with E-state index in [0.717, 1.165) is 10.7 Å². The van der Waals surface area contributed by atoms with Gasteiger partial charge in [-0.2, -0.15) is 0 Å². The average Bonchev–Trinajstić information content (AvgIpc) is 2.35. The standard InChI is InChI=1S/C16H18ClN/c1-11-8-9-12(2)14(10-11)13(3)18-16-7-5-4-6-15(16)17/h4-10,13,18H,1-3H3. The second-order valence-electron chi connectivity index (χ2n) is 4.71. The SMILES string of the molecule is Cc1ccc(C)c(C(C)Nc2ccccc2Cl)c1. The number of para-hydroxylation sites is 1. The molecule has 0 bridgehead atoms. The lowest BCUT2D eigenvalue weighted by molar-refractivity contribution is 0.872. The van der Waals surface area contributed by atoms with Crippen LogP contribution in [0.5, 0.6) is 0 Å². The minimum absolute atomic E-state index is 0.241. The number of anilines is 1. The first kappa shape index (κ1) is 13.0. The second kappa shape index (κ2) is 5.45. The Kier molecular flexibility index (Phi) is 3.93. The van der Waals surface area contributed by atoms with Crippen LogP contribution in [0, 0.1) is 13.8 Å². The monoisotopic (exact) mass is 259 g/mol. The highest BCUT2D eigenvalue weighted by atomic mass is 35.5. The number of aryl methyl sites for hydroxylation is 2. The van der Waals surface area contributed by atoms with E-state index < -0.39 is 0 Å². The molecular formula is C16H18ClN. The summed E-state index contributed by atoms with van der Waals surface area (Å²) >= 11 is 6.16. The number of hydrogen-bond acceptors (Lipinski definition) is 1. The van der Waals surface area contributed by atoms with Crippen molar-refractivity contribution in [1.82, 2.24) is 0 Å². The van der Waals surface area contributed by atoms with Crippen molar-refractivity contribution in [1.29, 1.82) is 0 Å². The van der Waals surface area contributed by atoms with Crippen LogP contribution in [0.15, 0.2) is 42.5 Å². The average molecular weight is 260 g/mol. The van der Waals surface area contributed by atoms with Crippen molar-refractivity contribution in [3.05, 3.63) is 64.2 Å². The van der Waals surface area contributed by atoms with Crippen LogP contribution >= 0.6 is 11.6 Å². The zero-order chi connectivity index (χ0) is 13.1. The van der Waals surface area contributed by atoms with Gasteiger partial charge in [-0.15, -0.1) is 0 Å². The second-order valence-corrected chi connectivity index (χ2v) is 5.11. The van der Waals surface area contributed by atoms with Crippen molar-refractivity contribution >= 4 is 17.3 Å². The maximum atomic E-state index is 6.16. The van der Waals surface area contributed by atoms with E-state index in [1.165, 1.54) is 16.7 Å². The smallest absolute Gasteiger partial charge is 0.0637 e. The van der Waals surface area contributed by atoms with E-state index in [4.69, 9.17) is 11.6 Å². The lowest BCUT2D eigenvalue weighted by Gasteiger charge is -2.19. The van der Waals surface area contributed by atoms with Crippen molar-refractivity contribution in [3.63, 3.8) is 0 Å². The third-order valence-corrected chi connectivity index (χ3v) is 3.48. The topological polar surface area (TPSA) is 12.0 Å². The molecule has 0 spiro atoms. The predicted octanol–water partition coefficient (Wildman–Crippen LogP) is 5.13. The van der Waals surface area contributed by atoms with E-state index in [-0.39, 0.29) is 6.04 Å². The van der Waals surface area contributed by atoms with E-state index in [9.17, 15) is 0 Å². The summed E-state index contributed by atoms with van der Waals surface area (Å²) in [7, 11) is 0. The molecule has 0 radical (unpaired) electrons. The van der Waals surface area contributed by atoms with Crippen LogP contribution in [0.25, 0.3) is 0 Å². The molecule has 1 atom stereocenters. The lowest BCUT2D eigenvalue weighted by atomic mass is 10.00. The Morgan fingerprint density at radius 3 is 2.50 bits per heavy atom. The van der Waals surface area contributed by atoms with Gasteiger partial charge in [-0.05, 0) is 44.0 Å². The summed E-state index contributed by atoms with van der Waals surface area (Å²) in [5.74, 6) is 0. The summed E-state index contributed by atoms with van der Waals surface area (Å²) in [6.45, 7) is 6.41. The number of benzene rings is 2. The van der Waals surface area contributed by atoms with Crippen molar-refractivity contribution in [2.75, 3.05) is 5.32 Å². The molecule has 0 saturated carbocycles. The van der Waals surface area contributed by atoms with Gasteiger partial charge in [-0.1, -0.05) is 47.5 Å². The van der Waals surface area contributed by atoms with Crippen molar-refractivity contribution < 1.29 is 0 Å². The highest BCUT2D eigenvalue weighted by molar-refractivity contribution is 6.33. The summed E-state index contributed by atoms with van der Waals surface area (Å²) in [4.78, 5) is 0. The first-order chi connectivity index (χ1) is 8.58. The van der Waals surface area contributed by atoms with E-state index in [1.54, 1.807) is 0 Å². The van der Waals surface area contributed by atoms with Gasteiger partial charge in [0, 0.05) is 6.04 Å². The van der Waals surface area contributed by atoms with E-state index in [0.29, 0.717) is 0 Å². The molecule has 2 heteroatoms. The Morgan fingerprint density at radius 2 is 1.78 bits per heavy atom. The fourth-order valence-corrected chi connectivity index (χ4v) is 2.31. The summed E-state index contributed by atoms with van der Waals surface area (Å²) < 4.78 is 0. The molecule has 2 rings (SSSR count). The first-order valence-corrected chi connectivity index (χ1v) is 6.54. The number of nitrogens with one attached hydrogen (secondary N) is 1. The summed E-state index contributed by atoms with van der Waals surface area (Å²) in [6.07, 6.45) is 0. The van der Waals surface area contributed by atoms with Gasteiger partial charge in [0.15, 0.2) is 0 Å². The largest absolute Gasteiger partial charge is 0.377 e. The predicted molar refractivity (Wildman–Crippen MR) is 79.4 cm³/mol. The van der Waals surface area contributed by atoms with Crippen molar-refractivity contribution in [3.8, 4) is 0 Å². The molecule has 0 aliphatic heterocycles. The molecule has 1 unspecified atom stereocenters. The third kappa shape index (κ3) is 2.85. The van der Waals surface area contributed by atoms with Crippen molar-refractivity contribution in [2.45, 2.75) is 26.8 Å². The van der Waals surface area contributed by atoms with Gasteiger partial charge in [0.25, 0.3) is 0 Å². The third-order valence-electron chi connectivity index (χ3n) is 3.15. The summed E-state index contributed by atoms with van der Waals surface area (Å²) in [5, 5.41) is 4.22. The Hall–Kier alpha value is -1.47. The van der Waals surface area contributed by atoms with E-state index >= 15 is 0 Å². The Morgan fingerprint density at radius 1 is 1.06 bits per heavy atom. The molecule has 0 amide bonds. The molecule has 0 fully saturated rings. The molecular weight excluding hydrogens is 242 g/mol. The van der Waals surface area contributed by atoms with Crippen LogP contribution in [-0.2, 0) is 0 Å². The van der Waals surface area contributed by atoms with Gasteiger partial charge in [0.05, 0.1) is 10.7 Å². The van der Waals surface area contributed by atoms with Gasteiger partial charge < -0.3 is 5.32 Å². The summed E-state index contributed by atoms with van der Waals surface area (Å²) in [5.41, 5.74) is 4.87. The van der Waals surface area contributed by atoms with Crippen LogP contribution in [0.1, 0.15) is 29.7 Å². The van der Waals surface area contributed by atoms with Crippen LogP contribution in [0.4, 0.5) is 5.69 Å². The molecule has 0 aliphatic rings. The maximum absolute atomic E-state index is 6.16. The number of rotatable bonds is 3. The van der Waals surface area contributed by atoms with Gasteiger partial charge in [0.2, 0.25) is 0 Å². The van der Waals surface area contributed by atoms with Gasteiger partial charge in [-0.3, -0.25) is 0 Å². The quantitative estimate of drug-likeness (QED) is 0.806. The molecule has 0 heterocycles. The molecule has 1 nitrogen and oxygen atoms in total. The highest BCUT2D eigenvalue weighted by Gasteiger charge is 2.09. The first-order valence-electron chi connectivity index (χ1n) is 6.16. The minimum atomic E-state index is 0.241.